The van der Waals surface area contributed by atoms with Gasteiger partial charge in [-0.1, -0.05) is 0 Å². The van der Waals surface area contributed by atoms with E-state index in [1.807, 2.05) is 0 Å². The summed E-state index contributed by atoms with van der Waals surface area (Å²) in [5, 5.41) is 27.5. The highest BCUT2D eigenvalue weighted by Gasteiger charge is 2.41. The van der Waals surface area contributed by atoms with Crippen molar-refractivity contribution >= 4 is 12.0 Å². The van der Waals surface area contributed by atoms with Gasteiger partial charge >= 0.3 is 12.0 Å². The fourth-order valence-electron chi connectivity index (χ4n) is 2.60. The maximum atomic E-state index is 12.2. The van der Waals surface area contributed by atoms with Gasteiger partial charge in [0.25, 0.3) is 0 Å². The van der Waals surface area contributed by atoms with Crippen LogP contribution >= 0.6 is 0 Å². The van der Waals surface area contributed by atoms with Crippen molar-refractivity contribution < 1.29 is 24.9 Å². The average molecular weight is 258 g/mol. The number of hydrogen-bond acceptors (Lipinski definition) is 4. The van der Waals surface area contributed by atoms with Crippen LogP contribution in [0, 0.1) is 5.92 Å². The van der Waals surface area contributed by atoms with Crippen LogP contribution in [0.2, 0.25) is 0 Å². The Bertz CT molecular complexity index is 348. The van der Waals surface area contributed by atoms with Crippen molar-refractivity contribution in [3.8, 4) is 0 Å². The van der Waals surface area contributed by atoms with Crippen molar-refractivity contribution in [2.24, 2.45) is 5.92 Å². The number of carbonyl (C=O) groups excluding carboxylic acids is 1. The minimum Gasteiger partial charge on any atom is -0.480 e. The number of amides is 2. The first-order chi connectivity index (χ1) is 8.52. The Hall–Kier alpha value is -1.34. The normalized spacial score (nSPS) is 32.0. The topological polar surface area (TPSA) is 101 Å². The molecule has 3 unspecified atom stereocenters. The van der Waals surface area contributed by atoms with E-state index < -0.39 is 18.1 Å². The van der Waals surface area contributed by atoms with Crippen LogP contribution in [-0.2, 0) is 4.79 Å². The minimum absolute atomic E-state index is 0.0365. The third kappa shape index (κ3) is 2.41. The number of likely N-dealkylation sites (tertiary alicyclic amines) is 2. The third-order valence-corrected chi connectivity index (χ3v) is 3.62. The molecule has 0 spiro atoms. The molecule has 2 saturated heterocycles. The van der Waals surface area contributed by atoms with E-state index >= 15 is 0 Å². The number of hydrogen-bond donors (Lipinski definition) is 3. The lowest BCUT2D eigenvalue weighted by atomic mass is 10.1. The molecule has 102 valence electrons. The number of carbonyl (C=O) groups is 2. The Morgan fingerprint density at radius 2 is 2.00 bits per heavy atom. The molecule has 2 amide bonds. The zero-order valence-electron chi connectivity index (χ0n) is 10.0. The summed E-state index contributed by atoms with van der Waals surface area (Å²) in [6.07, 6.45) is 0.0422. The second kappa shape index (κ2) is 5.11. The Labute approximate surface area is 105 Å². The number of aliphatic hydroxyl groups is 2. The molecule has 2 aliphatic heterocycles. The van der Waals surface area contributed by atoms with Crippen LogP contribution in [-0.4, -0.2) is 75.5 Å². The summed E-state index contributed by atoms with van der Waals surface area (Å²) in [6, 6.07) is -1.30. The number of aliphatic carboxylic acids is 1. The number of aliphatic hydroxyl groups excluding tert-OH is 2. The molecule has 7 heteroatoms. The highest BCUT2D eigenvalue weighted by Crippen LogP contribution is 2.23. The highest BCUT2D eigenvalue weighted by atomic mass is 16.4. The lowest BCUT2D eigenvalue weighted by Gasteiger charge is -2.27. The molecule has 2 fully saturated rings. The molecule has 0 radical (unpaired) electrons. The van der Waals surface area contributed by atoms with Gasteiger partial charge < -0.3 is 25.1 Å². The zero-order valence-corrected chi connectivity index (χ0v) is 10.0. The largest absolute Gasteiger partial charge is 0.480 e. The van der Waals surface area contributed by atoms with E-state index in [-0.39, 0.29) is 31.5 Å². The first-order valence-corrected chi connectivity index (χ1v) is 6.10. The molecule has 0 bridgehead atoms. The third-order valence-electron chi connectivity index (χ3n) is 3.62. The number of rotatable bonds is 2. The van der Waals surface area contributed by atoms with Crippen molar-refractivity contribution in [3.05, 3.63) is 0 Å². The summed E-state index contributed by atoms with van der Waals surface area (Å²) >= 11 is 0. The fourth-order valence-corrected chi connectivity index (χ4v) is 2.60. The van der Waals surface area contributed by atoms with Gasteiger partial charge in [0.1, 0.15) is 6.04 Å². The number of carboxylic acids is 1. The summed E-state index contributed by atoms with van der Waals surface area (Å²) < 4.78 is 0. The molecule has 0 aromatic heterocycles. The maximum Gasteiger partial charge on any atom is 0.326 e. The first kappa shape index (κ1) is 13.1. The van der Waals surface area contributed by atoms with E-state index in [0.717, 1.165) is 6.42 Å². The van der Waals surface area contributed by atoms with Gasteiger partial charge in [0.15, 0.2) is 0 Å². The molecule has 2 aliphatic rings. The summed E-state index contributed by atoms with van der Waals surface area (Å²) in [5.74, 6) is -1.01. The summed E-state index contributed by atoms with van der Waals surface area (Å²) in [4.78, 5) is 26.0. The second-order valence-electron chi connectivity index (χ2n) is 4.96. The van der Waals surface area contributed by atoms with Crippen LogP contribution in [0.4, 0.5) is 4.79 Å². The van der Waals surface area contributed by atoms with E-state index in [4.69, 9.17) is 10.2 Å². The van der Waals surface area contributed by atoms with Crippen LogP contribution in [0.5, 0.6) is 0 Å². The fraction of sp³-hybridized carbons (Fsp3) is 0.818. The van der Waals surface area contributed by atoms with Crippen molar-refractivity contribution in [1.29, 1.82) is 0 Å². The molecule has 18 heavy (non-hydrogen) atoms. The molecular formula is C11H18N2O5. The minimum atomic E-state index is -1.09. The monoisotopic (exact) mass is 258 g/mol. The number of carboxylic acid groups (broad SMARTS) is 1. The van der Waals surface area contributed by atoms with Gasteiger partial charge in [-0.05, 0) is 6.42 Å². The van der Waals surface area contributed by atoms with Crippen molar-refractivity contribution in [3.63, 3.8) is 0 Å². The van der Waals surface area contributed by atoms with Gasteiger partial charge in [-0.3, -0.25) is 0 Å². The molecule has 2 heterocycles. The predicted molar refractivity (Wildman–Crippen MR) is 60.9 cm³/mol. The molecular weight excluding hydrogens is 240 g/mol. The van der Waals surface area contributed by atoms with Gasteiger partial charge in [0.05, 0.1) is 6.10 Å². The standard InChI is InChI=1S/C11H18N2O5/c14-6-7-1-2-12(4-7)11(18)13-5-8(15)3-9(13)10(16)17/h7-9,14-15H,1-6H2,(H,16,17). The molecule has 0 saturated carbocycles. The maximum absolute atomic E-state index is 12.2. The summed E-state index contributed by atoms with van der Waals surface area (Å²) in [6.45, 7) is 1.09. The molecule has 0 aliphatic carbocycles. The van der Waals surface area contributed by atoms with Gasteiger partial charge in [0, 0.05) is 38.6 Å². The van der Waals surface area contributed by atoms with Crippen molar-refractivity contribution in [2.45, 2.75) is 25.0 Å². The van der Waals surface area contributed by atoms with E-state index in [9.17, 15) is 14.7 Å². The molecule has 0 aromatic carbocycles. The zero-order chi connectivity index (χ0) is 13.3. The molecule has 3 atom stereocenters. The van der Waals surface area contributed by atoms with E-state index in [1.54, 1.807) is 4.90 Å². The predicted octanol–water partition coefficient (Wildman–Crippen LogP) is -1.06. The highest BCUT2D eigenvalue weighted by molar-refractivity contribution is 5.83. The van der Waals surface area contributed by atoms with Crippen LogP contribution < -0.4 is 0 Å². The Balaban J connectivity index is 2.02. The van der Waals surface area contributed by atoms with Gasteiger partial charge in [0.2, 0.25) is 0 Å². The van der Waals surface area contributed by atoms with E-state index in [2.05, 4.69) is 0 Å². The van der Waals surface area contributed by atoms with Crippen LogP contribution in [0.1, 0.15) is 12.8 Å². The number of nitrogens with zero attached hydrogens (tertiary/aromatic N) is 2. The van der Waals surface area contributed by atoms with Crippen LogP contribution in [0.25, 0.3) is 0 Å². The first-order valence-electron chi connectivity index (χ1n) is 6.10. The summed E-state index contributed by atoms with van der Waals surface area (Å²) in [5.41, 5.74) is 0. The van der Waals surface area contributed by atoms with Crippen LogP contribution in [0.3, 0.4) is 0 Å². The summed E-state index contributed by atoms with van der Waals surface area (Å²) in [7, 11) is 0. The molecule has 0 aromatic rings. The van der Waals surface area contributed by atoms with Crippen LogP contribution in [0.15, 0.2) is 0 Å². The van der Waals surface area contributed by atoms with Gasteiger partial charge in [-0.2, -0.15) is 0 Å². The smallest absolute Gasteiger partial charge is 0.326 e. The number of urea groups is 1. The Morgan fingerprint density at radius 3 is 2.56 bits per heavy atom. The lowest BCUT2D eigenvalue weighted by Crippen LogP contribution is -2.47. The molecule has 2 rings (SSSR count). The van der Waals surface area contributed by atoms with Crippen molar-refractivity contribution in [1.82, 2.24) is 9.80 Å². The quantitative estimate of drug-likeness (QED) is 0.586. The number of β-amino-alcohol motifs (C(OH)–C–C–N with tert-alkyl or cyclic N) is 1. The molecule has 3 N–H and O–H groups in total. The van der Waals surface area contributed by atoms with E-state index in [0.29, 0.717) is 13.1 Å². The second-order valence-corrected chi connectivity index (χ2v) is 4.96. The lowest BCUT2D eigenvalue weighted by molar-refractivity contribution is -0.141. The van der Waals surface area contributed by atoms with Gasteiger partial charge in [-0.25, -0.2) is 9.59 Å². The van der Waals surface area contributed by atoms with Gasteiger partial charge in [-0.15, -0.1) is 0 Å². The SMILES string of the molecule is O=C(O)C1CC(O)CN1C(=O)N1CCC(CO)C1. The Morgan fingerprint density at radius 1 is 1.28 bits per heavy atom. The van der Waals surface area contributed by atoms with Crippen molar-refractivity contribution in [2.75, 3.05) is 26.2 Å². The molecule has 7 nitrogen and oxygen atoms in total. The Kier molecular flexibility index (Phi) is 3.72. The van der Waals surface area contributed by atoms with E-state index in [1.165, 1.54) is 4.90 Å². The average Bonchev–Trinajstić information content (AvgIpc) is 2.94.